The average molecular weight is 829 g/mol. The third kappa shape index (κ3) is 51.6. The van der Waals surface area contributed by atoms with Gasteiger partial charge in [-0.1, -0.05) is 103 Å². The van der Waals surface area contributed by atoms with E-state index in [0.29, 0.717) is 50.1 Å². The molecule has 0 aliphatic heterocycles. The molecule has 0 rings (SSSR count). The predicted octanol–water partition coefficient (Wildman–Crippen LogP) is 9.23. The molecular weight excluding hydrogens is 725 g/mol. The molecule has 0 saturated carbocycles. The highest BCUT2D eigenvalue weighted by Crippen LogP contribution is 2.16. The number of rotatable bonds is 30. The minimum absolute atomic E-state index is 0. The molecule has 0 bridgehead atoms. The molecule has 0 aliphatic rings. The molecule has 0 aromatic carbocycles. The molecule has 0 aromatic heterocycles. The van der Waals surface area contributed by atoms with Crippen LogP contribution >= 0.6 is 0 Å². The Labute approximate surface area is 355 Å². The second-order valence-corrected chi connectivity index (χ2v) is 16.9. The van der Waals surface area contributed by atoms with Crippen LogP contribution in [0.3, 0.4) is 0 Å². The van der Waals surface area contributed by atoms with E-state index < -0.39 is 11.6 Å². The van der Waals surface area contributed by atoms with E-state index in [1.165, 1.54) is 0 Å². The molecule has 0 aromatic rings. The Balaban J connectivity index is -0.000000210. The summed E-state index contributed by atoms with van der Waals surface area (Å²) >= 11 is 0. The smallest absolute Gasteiger partial charge is 0.162 e. The molecule has 0 amide bonds. The molecule has 9 atom stereocenters. The van der Waals surface area contributed by atoms with Crippen LogP contribution < -0.4 is 22.9 Å². The number of hydrogen-bond donors (Lipinski definition) is 4. The minimum Gasteiger partial charge on any atom is -0.353 e. The molecule has 0 radical (unpaired) electrons. The van der Waals surface area contributed by atoms with Gasteiger partial charge in [0.25, 0.3) is 0 Å². The Kier molecular flexibility index (Phi) is 47.1. The van der Waals surface area contributed by atoms with Crippen molar-refractivity contribution < 1.29 is 37.9 Å². The summed E-state index contributed by atoms with van der Waals surface area (Å²) in [6, 6.07) is 0.424. The van der Waals surface area contributed by atoms with Gasteiger partial charge in [0.1, 0.15) is 0 Å². The third-order valence-electron chi connectivity index (χ3n) is 8.80. The van der Waals surface area contributed by atoms with Crippen molar-refractivity contribution in [2.24, 2.45) is 46.6 Å². The summed E-state index contributed by atoms with van der Waals surface area (Å²) < 4.78 is 44.3. The molecule has 57 heavy (non-hydrogen) atoms. The summed E-state index contributed by atoms with van der Waals surface area (Å²) in [7, 11) is 0. The van der Waals surface area contributed by atoms with Gasteiger partial charge in [0.05, 0.1) is 52.9 Å². The second-order valence-electron chi connectivity index (χ2n) is 16.9. The van der Waals surface area contributed by atoms with E-state index in [0.717, 1.165) is 65.0 Å². The van der Waals surface area contributed by atoms with Crippen molar-refractivity contribution in [3.05, 3.63) is 0 Å². The molecule has 12 nitrogen and oxygen atoms in total. The molecule has 0 spiro atoms. The topological polar surface area (TPSA) is 178 Å². The Morgan fingerprint density at radius 1 is 0.368 bits per heavy atom. The van der Waals surface area contributed by atoms with E-state index in [9.17, 15) is 0 Å². The van der Waals surface area contributed by atoms with E-state index in [2.05, 4.69) is 76.2 Å². The fraction of sp³-hybridized carbons (Fsp3) is 1.00. The first-order chi connectivity index (χ1) is 25.9. The van der Waals surface area contributed by atoms with Crippen molar-refractivity contribution in [1.82, 2.24) is 0 Å². The Bertz CT molecular complexity index is 715. The van der Waals surface area contributed by atoms with Gasteiger partial charge in [-0.05, 0) is 91.4 Å². The zero-order chi connectivity index (χ0) is 44.3. The maximum absolute atomic E-state index is 5.78. The van der Waals surface area contributed by atoms with Crippen molar-refractivity contribution in [2.75, 3.05) is 52.9 Å². The largest absolute Gasteiger partial charge is 0.353 e. The first-order valence-electron chi connectivity index (χ1n) is 22.0. The summed E-state index contributed by atoms with van der Waals surface area (Å²) in [5.74, 6) is 1.26. The molecule has 352 valence electrons. The Hall–Kier alpha value is -0.480. The standard InChI is InChI=1S/2C12H27NO2.C11H25NO2.C9H21NO2.CH4/c2*1-6-10(3)8-14-12(4,5)15-9-11(13)7-2;1-5-9(3)7-13-10(4)14-8-11(12)6-2;1-7(2)5-11-9(4)12-6-8(3)10;/h2*10-11H,6-9,13H2,1-5H3;9-11H,5-8,12H2,1-4H3;7-9H,5-6,10H2,1-4H3;1H4. The van der Waals surface area contributed by atoms with Gasteiger partial charge in [0.15, 0.2) is 24.2 Å². The third-order valence-corrected chi connectivity index (χ3v) is 8.80. The lowest BCUT2D eigenvalue weighted by atomic mass is 10.1. The van der Waals surface area contributed by atoms with Crippen LogP contribution in [0.1, 0.15) is 171 Å². The zero-order valence-electron chi connectivity index (χ0n) is 40.2. The van der Waals surface area contributed by atoms with E-state index in [1.807, 2.05) is 48.5 Å². The summed E-state index contributed by atoms with van der Waals surface area (Å²) in [6.45, 7) is 42.1. The van der Waals surface area contributed by atoms with E-state index in [4.69, 9.17) is 60.8 Å². The van der Waals surface area contributed by atoms with E-state index >= 15 is 0 Å². The maximum Gasteiger partial charge on any atom is 0.162 e. The SMILES string of the molecule is C.CC(C)COC(C)OCC(C)N.CCC(C)COC(C)(C)OCC(N)CC.CCC(C)COC(C)(C)OCC(N)CC.CCC(C)COC(C)OCC(N)CC. The van der Waals surface area contributed by atoms with E-state index in [-0.39, 0.29) is 44.2 Å². The molecule has 0 heterocycles. The van der Waals surface area contributed by atoms with Gasteiger partial charge in [-0.3, -0.25) is 0 Å². The van der Waals surface area contributed by atoms with Gasteiger partial charge in [-0.25, -0.2) is 0 Å². The van der Waals surface area contributed by atoms with Crippen molar-refractivity contribution in [2.45, 2.75) is 219 Å². The average Bonchev–Trinajstić information content (AvgIpc) is 3.17. The number of nitrogens with two attached hydrogens (primary N) is 4. The fourth-order valence-corrected chi connectivity index (χ4v) is 3.36. The van der Waals surface area contributed by atoms with Crippen molar-refractivity contribution in [3.8, 4) is 0 Å². The molecule has 9 unspecified atom stereocenters. The van der Waals surface area contributed by atoms with Gasteiger partial charge >= 0.3 is 0 Å². The first-order valence-corrected chi connectivity index (χ1v) is 22.0. The molecule has 0 aliphatic carbocycles. The molecule has 0 saturated heterocycles. The number of ether oxygens (including phenoxy) is 8. The zero-order valence-corrected chi connectivity index (χ0v) is 40.2. The summed E-state index contributed by atoms with van der Waals surface area (Å²) in [6.07, 6.45) is 5.93. The maximum atomic E-state index is 5.78. The highest BCUT2D eigenvalue weighted by molar-refractivity contribution is 4.63. The highest BCUT2D eigenvalue weighted by Gasteiger charge is 2.22. The highest BCUT2D eigenvalue weighted by atomic mass is 16.7. The van der Waals surface area contributed by atoms with Crippen LogP contribution in [-0.4, -0.2) is 101 Å². The van der Waals surface area contributed by atoms with Crippen molar-refractivity contribution >= 4 is 0 Å². The van der Waals surface area contributed by atoms with Crippen LogP contribution in [0, 0.1) is 23.7 Å². The van der Waals surface area contributed by atoms with E-state index in [1.54, 1.807) is 0 Å². The first kappa shape index (κ1) is 65.6. The lowest BCUT2D eigenvalue weighted by molar-refractivity contribution is -0.220. The van der Waals surface area contributed by atoms with Gasteiger partial charge in [-0.15, -0.1) is 0 Å². The second kappa shape index (κ2) is 40.9. The summed E-state index contributed by atoms with van der Waals surface area (Å²) in [5, 5.41) is 0. The van der Waals surface area contributed by atoms with Crippen LogP contribution in [0.15, 0.2) is 0 Å². The van der Waals surface area contributed by atoms with Crippen LogP contribution in [-0.2, 0) is 37.9 Å². The van der Waals surface area contributed by atoms with Crippen molar-refractivity contribution in [1.29, 1.82) is 0 Å². The van der Waals surface area contributed by atoms with Crippen LogP contribution in [0.4, 0.5) is 0 Å². The van der Waals surface area contributed by atoms with Crippen molar-refractivity contribution in [3.63, 3.8) is 0 Å². The van der Waals surface area contributed by atoms with Gasteiger partial charge in [0, 0.05) is 24.2 Å². The van der Waals surface area contributed by atoms with Gasteiger partial charge in [0.2, 0.25) is 0 Å². The Morgan fingerprint density at radius 2 is 0.649 bits per heavy atom. The summed E-state index contributed by atoms with van der Waals surface area (Å²) in [5.41, 5.74) is 22.8. The molecule has 0 fully saturated rings. The van der Waals surface area contributed by atoms with Gasteiger partial charge < -0.3 is 60.8 Å². The fourth-order valence-electron chi connectivity index (χ4n) is 3.36. The van der Waals surface area contributed by atoms with Gasteiger partial charge in [-0.2, -0.15) is 0 Å². The van der Waals surface area contributed by atoms with Crippen LogP contribution in [0.5, 0.6) is 0 Å². The quantitative estimate of drug-likeness (QED) is 0.0506. The molecular formula is C45H104N4O8. The molecule has 8 N–H and O–H groups in total. The van der Waals surface area contributed by atoms with Crippen LogP contribution in [0.25, 0.3) is 0 Å². The summed E-state index contributed by atoms with van der Waals surface area (Å²) in [4.78, 5) is 0. The Morgan fingerprint density at radius 3 is 0.965 bits per heavy atom. The monoisotopic (exact) mass is 829 g/mol. The lowest BCUT2D eigenvalue weighted by Gasteiger charge is -2.28. The van der Waals surface area contributed by atoms with Crippen LogP contribution in [0.2, 0.25) is 0 Å². The lowest BCUT2D eigenvalue weighted by Crippen LogP contribution is -2.36. The predicted molar refractivity (Wildman–Crippen MR) is 243 cm³/mol. The minimum atomic E-state index is -0.518. The molecule has 12 heteroatoms. The number of hydrogen-bond acceptors (Lipinski definition) is 12. The normalized spacial score (nSPS) is 16.5.